The highest BCUT2D eigenvalue weighted by Gasteiger charge is 2.49. The van der Waals surface area contributed by atoms with Crippen LogP contribution in [0.2, 0.25) is 0 Å². The van der Waals surface area contributed by atoms with Crippen molar-refractivity contribution in [3.63, 3.8) is 0 Å². The van der Waals surface area contributed by atoms with Crippen LogP contribution in [-0.2, 0) is 9.59 Å². The number of aliphatic carboxylic acids is 1. The van der Waals surface area contributed by atoms with Gasteiger partial charge in [0.1, 0.15) is 6.54 Å². The summed E-state index contributed by atoms with van der Waals surface area (Å²) >= 11 is 0. The Morgan fingerprint density at radius 2 is 1.83 bits per heavy atom. The van der Waals surface area contributed by atoms with Crippen LogP contribution in [0.4, 0.5) is 0 Å². The molecule has 0 radical (unpaired) electrons. The summed E-state index contributed by atoms with van der Waals surface area (Å²) in [5.41, 5.74) is 1.22. The Hall–Kier alpha value is -2.36. The predicted octanol–water partition coefficient (Wildman–Crippen LogP) is 3.02. The van der Waals surface area contributed by atoms with E-state index in [2.05, 4.69) is 24.3 Å². The average Bonchev–Trinajstić information content (AvgIpc) is 3.45. The lowest BCUT2D eigenvalue weighted by Crippen LogP contribution is -2.38. The zero-order valence-corrected chi connectivity index (χ0v) is 12.8. The third-order valence-corrected chi connectivity index (χ3v) is 4.91. The lowest BCUT2D eigenvalue weighted by molar-refractivity contribution is -0.145. The summed E-state index contributed by atoms with van der Waals surface area (Å²) in [6.45, 7) is -0.164. The highest BCUT2D eigenvalue weighted by atomic mass is 16.4. The summed E-state index contributed by atoms with van der Waals surface area (Å²) in [5.74, 6) is -0.732. The Kier molecular flexibility index (Phi) is 3.33. The van der Waals surface area contributed by atoms with Gasteiger partial charge in [-0.05, 0) is 41.5 Å². The molecule has 1 amide bonds. The molecule has 4 rings (SSSR count). The van der Waals surface area contributed by atoms with E-state index in [4.69, 9.17) is 5.11 Å². The van der Waals surface area contributed by atoms with Crippen LogP contribution in [0.15, 0.2) is 42.5 Å². The largest absolute Gasteiger partial charge is 0.480 e. The van der Waals surface area contributed by atoms with Crippen LogP contribution < -0.4 is 0 Å². The molecule has 1 N–H and O–H groups in total. The zero-order valence-electron chi connectivity index (χ0n) is 12.8. The summed E-state index contributed by atoms with van der Waals surface area (Å²) in [6.07, 6.45) is 2.70. The molecule has 0 spiro atoms. The van der Waals surface area contributed by atoms with E-state index in [0.717, 1.165) is 19.3 Å². The van der Waals surface area contributed by atoms with Gasteiger partial charge in [-0.1, -0.05) is 42.5 Å². The summed E-state index contributed by atoms with van der Waals surface area (Å²) in [5, 5.41) is 11.4. The molecule has 2 fully saturated rings. The van der Waals surface area contributed by atoms with Gasteiger partial charge in [0.15, 0.2) is 0 Å². The molecule has 0 aromatic heterocycles. The number of carboxylic acids is 1. The number of benzene rings is 2. The van der Waals surface area contributed by atoms with E-state index >= 15 is 0 Å². The first-order valence-corrected chi connectivity index (χ1v) is 8.15. The van der Waals surface area contributed by atoms with Gasteiger partial charge in [0.05, 0.1) is 0 Å². The minimum absolute atomic E-state index is 0.0211. The number of amides is 1. The molecule has 118 valence electrons. The maximum Gasteiger partial charge on any atom is 0.323 e. The van der Waals surface area contributed by atoms with Gasteiger partial charge in [-0.3, -0.25) is 9.59 Å². The SMILES string of the molecule is O=C(O)CN(C(=O)C1CC1c1cccc2ccccc12)C1CC1. The highest BCUT2D eigenvalue weighted by molar-refractivity contribution is 5.90. The molecule has 2 unspecified atom stereocenters. The number of carbonyl (C=O) groups is 2. The Labute approximate surface area is 134 Å². The molecule has 2 aromatic rings. The number of nitrogens with zero attached hydrogens (tertiary/aromatic N) is 1. The number of rotatable bonds is 5. The van der Waals surface area contributed by atoms with E-state index in [-0.39, 0.29) is 30.3 Å². The molecule has 0 saturated heterocycles. The lowest BCUT2D eigenvalue weighted by atomic mass is 10.00. The highest BCUT2D eigenvalue weighted by Crippen LogP contribution is 2.51. The van der Waals surface area contributed by atoms with Gasteiger partial charge in [-0.15, -0.1) is 0 Å². The monoisotopic (exact) mass is 309 g/mol. The van der Waals surface area contributed by atoms with Crippen molar-refractivity contribution in [3.8, 4) is 0 Å². The number of carboxylic acid groups (broad SMARTS) is 1. The molecule has 0 heterocycles. The van der Waals surface area contributed by atoms with Crippen molar-refractivity contribution in [2.75, 3.05) is 6.54 Å². The molecule has 23 heavy (non-hydrogen) atoms. The van der Waals surface area contributed by atoms with Gasteiger partial charge in [-0.25, -0.2) is 0 Å². The number of hydrogen-bond donors (Lipinski definition) is 1. The fourth-order valence-corrected chi connectivity index (χ4v) is 3.52. The normalized spacial score (nSPS) is 22.8. The van der Waals surface area contributed by atoms with E-state index < -0.39 is 5.97 Å². The van der Waals surface area contributed by atoms with Crippen molar-refractivity contribution < 1.29 is 14.7 Å². The van der Waals surface area contributed by atoms with Crippen LogP contribution in [0.1, 0.15) is 30.7 Å². The van der Waals surface area contributed by atoms with Gasteiger partial charge >= 0.3 is 5.97 Å². The second-order valence-electron chi connectivity index (χ2n) is 6.61. The van der Waals surface area contributed by atoms with Crippen LogP contribution in [0.25, 0.3) is 10.8 Å². The minimum Gasteiger partial charge on any atom is -0.480 e. The van der Waals surface area contributed by atoms with E-state index in [1.807, 2.05) is 18.2 Å². The summed E-state index contributed by atoms with van der Waals surface area (Å²) in [4.78, 5) is 25.3. The molecule has 0 aliphatic heterocycles. The molecule has 4 nitrogen and oxygen atoms in total. The van der Waals surface area contributed by atoms with Crippen molar-refractivity contribution in [2.45, 2.75) is 31.2 Å². The molecule has 2 aliphatic carbocycles. The lowest BCUT2D eigenvalue weighted by Gasteiger charge is -2.20. The second kappa shape index (κ2) is 5.37. The average molecular weight is 309 g/mol. The summed E-state index contributed by atoms with van der Waals surface area (Å²) in [7, 11) is 0. The predicted molar refractivity (Wildman–Crippen MR) is 87.2 cm³/mol. The van der Waals surface area contributed by atoms with Gasteiger partial charge in [0.2, 0.25) is 5.91 Å². The first kappa shape index (κ1) is 14.2. The molecule has 2 aromatic carbocycles. The van der Waals surface area contributed by atoms with Crippen LogP contribution in [0.5, 0.6) is 0 Å². The summed E-state index contributed by atoms with van der Waals surface area (Å²) in [6, 6.07) is 14.6. The van der Waals surface area contributed by atoms with Gasteiger partial charge in [0.25, 0.3) is 0 Å². The number of fused-ring (bicyclic) bond motifs is 1. The van der Waals surface area contributed by atoms with E-state index in [0.29, 0.717) is 0 Å². The van der Waals surface area contributed by atoms with Crippen LogP contribution in [0.3, 0.4) is 0 Å². The molecule has 2 aliphatic rings. The molecule has 2 saturated carbocycles. The van der Waals surface area contributed by atoms with Gasteiger partial charge in [0, 0.05) is 12.0 Å². The smallest absolute Gasteiger partial charge is 0.323 e. The Balaban J connectivity index is 1.56. The minimum atomic E-state index is -0.924. The number of hydrogen-bond acceptors (Lipinski definition) is 2. The fourth-order valence-electron chi connectivity index (χ4n) is 3.52. The van der Waals surface area contributed by atoms with E-state index in [9.17, 15) is 9.59 Å². The van der Waals surface area contributed by atoms with Crippen LogP contribution >= 0.6 is 0 Å². The van der Waals surface area contributed by atoms with Crippen LogP contribution in [-0.4, -0.2) is 34.5 Å². The first-order valence-electron chi connectivity index (χ1n) is 8.15. The Morgan fingerprint density at radius 3 is 2.57 bits per heavy atom. The Morgan fingerprint density at radius 1 is 1.09 bits per heavy atom. The van der Waals surface area contributed by atoms with Crippen molar-refractivity contribution >= 4 is 22.6 Å². The standard InChI is InChI=1S/C19H19NO3/c21-18(22)11-20(13-8-9-13)19(23)17-10-16(17)15-7-3-5-12-4-1-2-6-14(12)15/h1-7,13,16-17H,8-11H2,(H,21,22). The van der Waals surface area contributed by atoms with E-state index in [1.165, 1.54) is 16.3 Å². The third-order valence-electron chi connectivity index (χ3n) is 4.91. The molecule has 0 bridgehead atoms. The van der Waals surface area contributed by atoms with Gasteiger partial charge < -0.3 is 10.0 Å². The van der Waals surface area contributed by atoms with Gasteiger partial charge in [-0.2, -0.15) is 0 Å². The maximum atomic E-state index is 12.7. The topological polar surface area (TPSA) is 57.6 Å². The quantitative estimate of drug-likeness (QED) is 0.923. The molecular formula is C19H19NO3. The zero-order chi connectivity index (χ0) is 16.0. The molecule has 2 atom stereocenters. The fraction of sp³-hybridized carbons (Fsp3) is 0.368. The van der Waals surface area contributed by atoms with Crippen molar-refractivity contribution in [1.29, 1.82) is 0 Å². The maximum absolute atomic E-state index is 12.7. The second-order valence-corrected chi connectivity index (χ2v) is 6.61. The van der Waals surface area contributed by atoms with Crippen molar-refractivity contribution in [3.05, 3.63) is 48.0 Å². The Bertz CT molecular complexity index is 776. The van der Waals surface area contributed by atoms with Crippen molar-refractivity contribution in [1.82, 2.24) is 4.90 Å². The summed E-state index contributed by atoms with van der Waals surface area (Å²) < 4.78 is 0. The van der Waals surface area contributed by atoms with E-state index in [1.54, 1.807) is 4.90 Å². The molecule has 4 heteroatoms. The van der Waals surface area contributed by atoms with Crippen molar-refractivity contribution in [2.24, 2.45) is 5.92 Å². The third kappa shape index (κ3) is 2.69. The number of carbonyl (C=O) groups excluding carboxylic acids is 1. The van der Waals surface area contributed by atoms with Crippen LogP contribution in [0, 0.1) is 5.92 Å². The first-order chi connectivity index (χ1) is 11.1. The molecular weight excluding hydrogens is 290 g/mol.